The molecule has 0 radical (unpaired) electrons. The molecule has 2 aromatic carbocycles. The van der Waals surface area contributed by atoms with Gasteiger partial charge in [0.1, 0.15) is 22.6 Å². The molecule has 1 heterocycles. The summed E-state index contributed by atoms with van der Waals surface area (Å²) >= 11 is 0. The molecule has 1 amide bonds. The number of ether oxygens (including phenoxy) is 2. The molecule has 3 aromatic rings. The van der Waals surface area contributed by atoms with E-state index in [1.54, 1.807) is 12.1 Å². The lowest BCUT2D eigenvalue weighted by Gasteiger charge is -2.10. The Morgan fingerprint density at radius 1 is 1.06 bits per heavy atom. The smallest absolute Gasteiger partial charge is 0.349 e. The number of nitrogens with one attached hydrogen (secondary N) is 1. The molecule has 0 unspecified atom stereocenters. The van der Waals surface area contributed by atoms with Gasteiger partial charge in [-0.15, -0.1) is 0 Å². The summed E-state index contributed by atoms with van der Waals surface area (Å²) in [5.74, 6) is 0.00943. The molecular formula is C24H25NO6. The number of hydrogen-bond donors (Lipinski definition) is 1. The number of carbonyl (C=O) groups excluding carboxylic acids is 2. The zero-order valence-corrected chi connectivity index (χ0v) is 18.0. The summed E-state index contributed by atoms with van der Waals surface area (Å²) in [4.78, 5) is 36.6. The van der Waals surface area contributed by atoms with Gasteiger partial charge in [0.25, 0.3) is 5.91 Å². The Labute approximate surface area is 180 Å². The average molecular weight is 423 g/mol. The number of amides is 1. The van der Waals surface area contributed by atoms with Crippen molar-refractivity contribution in [1.29, 1.82) is 0 Å². The van der Waals surface area contributed by atoms with Gasteiger partial charge >= 0.3 is 11.6 Å². The number of rotatable bonds is 7. The van der Waals surface area contributed by atoms with Crippen molar-refractivity contribution in [2.75, 3.05) is 13.2 Å². The second-order valence-electron chi connectivity index (χ2n) is 7.78. The molecule has 0 aliphatic heterocycles. The summed E-state index contributed by atoms with van der Waals surface area (Å²) in [5.41, 5.74) is 1.33. The number of hydrogen-bond acceptors (Lipinski definition) is 6. The van der Waals surface area contributed by atoms with Crippen LogP contribution >= 0.6 is 0 Å². The Bertz CT molecular complexity index is 1180. The molecule has 1 N–H and O–H groups in total. The van der Waals surface area contributed by atoms with Crippen LogP contribution in [0.15, 0.2) is 51.7 Å². The van der Waals surface area contributed by atoms with Crippen molar-refractivity contribution in [1.82, 2.24) is 5.32 Å². The second kappa shape index (κ2) is 9.47. The first kappa shape index (κ1) is 22.1. The quantitative estimate of drug-likeness (QED) is 0.353. The lowest BCUT2D eigenvalue weighted by molar-refractivity contribution is -0.136. The topological polar surface area (TPSA) is 94.8 Å². The van der Waals surface area contributed by atoms with Crippen molar-refractivity contribution in [2.24, 2.45) is 5.92 Å². The zero-order valence-electron chi connectivity index (χ0n) is 18.0. The van der Waals surface area contributed by atoms with Crippen LogP contribution < -0.4 is 20.4 Å². The van der Waals surface area contributed by atoms with Crippen LogP contribution in [-0.4, -0.2) is 25.0 Å². The molecule has 0 spiro atoms. The predicted octanol–water partition coefficient (Wildman–Crippen LogP) is 3.78. The lowest BCUT2D eigenvalue weighted by atomic mass is 10.1. The second-order valence-corrected chi connectivity index (χ2v) is 7.78. The van der Waals surface area contributed by atoms with Crippen molar-refractivity contribution < 1.29 is 23.5 Å². The van der Waals surface area contributed by atoms with Gasteiger partial charge in [-0.2, -0.15) is 0 Å². The van der Waals surface area contributed by atoms with Gasteiger partial charge in [-0.25, -0.2) is 9.59 Å². The van der Waals surface area contributed by atoms with Crippen molar-refractivity contribution in [3.8, 4) is 11.5 Å². The summed E-state index contributed by atoms with van der Waals surface area (Å²) in [5, 5.41) is 3.24. The standard InChI is InChI=1S/C24H25NO6/c1-14(2)12-25-23(27)19-10-17-7-8-18(11-21(17)31-24(19)28)30-22(26)13-29-20-9-15(3)5-6-16(20)4/h5-11,14H,12-13H2,1-4H3,(H,25,27). The van der Waals surface area contributed by atoms with Crippen molar-refractivity contribution in [3.05, 3.63) is 69.6 Å². The maximum Gasteiger partial charge on any atom is 0.349 e. The molecule has 0 bridgehead atoms. The van der Waals surface area contributed by atoms with E-state index in [0.29, 0.717) is 17.7 Å². The largest absolute Gasteiger partial charge is 0.482 e. The van der Waals surface area contributed by atoms with Crippen molar-refractivity contribution >= 4 is 22.8 Å². The van der Waals surface area contributed by atoms with E-state index in [2.05, 4.69) is 5.32 Å². The van der Waals surface area contributed by atoms with Crippen LogP contribution in [0.25, 0.3) is 11.0 Å². The Morgan fingerprint density at radius 2 is 1.84 bits per heavy atom. The molecule has 0 aliphatic carbocycles. The van der Waals surface area contributed by atoms with Crippen LogP contribution in [0.2, 0.25) is 0 Å². The molecule has 0 saturated carbocycles. The van der Waals surface area contributed by atoms with Gasteiger partial charge in [-0.3, -0.25) is 4.79 Å². The van der Waals surface area contributed by atoms with Crippen LogP contribution in [0.5, 0.6) is 11.5 Å². The minimum absolute atomic E-state index is 0.0696. The summed E-state index contributed by atoms with van der Waals surface area (Å²) in [6.45, 7) is 7.93. The van der Waals surface area contributed by atoms with Gasteiger partial charge in [0.2, 0.25) is 0 Å². The van der Waals surface area contributed by atoms with Crippen molar-refractivity contribution in [2.45, 2.75) is 27.7 Å². The summed E-state index contributed by atoms with van der Waals surface area (Å²) in [7, 11) is 0. The van der Waals surface area contributed by atoms with Crippen molar-refractivity contribution in [3.63, 3.8) is 0 Å². The first-order valence-corrected chi connectivity index (χ1v) is 10.00. The average Bonchev–Trinajstić information content (AvgIpc) is 2.72. The minimum Gasteiger partial charge on any atom is -0.482 e. The van der Waals surface area contributed by atoms with Gasteiger partial charge in [0, 0.05) is 18.0 Å². The fourth-order valence-electron chi connectivity index (χ4n) is 2.87. The highest BCUT2D eigenvalue weighted by Gasteiger charge is 2.15. The molecule has 3 rings (SSSR count). The number of aryl methyl sites for hydroxylation is 2. The summed E-state index contributed by atoms with van der Waals surface area (Å²) < 4.78 is 16.1. The maximum atomic E-state index is 12.2. The molecule has 0 atom stereocenters. The molecule has 0 saturated heterocycles. The van der Waals surface area contributed by atoms with Crippen LogP contribution in [0.1, 0.15) is 35.3 Å². The SMILES string of the molecule is Cc1ccc(C)c(OCC(=O)Oc2ccc3cc(C(=O)NCC(C)C)c(=O)oc3c2)c1. The van der Waals surface area contributed by atoms with E-state index in [9.17, 15) is 14.4 Å². The lowest BCUT2D eigenvalue weighted by Crippen LogP contribution is -2.31. The Morgan fingerprint density at radius 3 is 2.58 bits per heavy atom. The van der Waals surface area contributed by atoms with E-state index >= 15 is 0 Å². The molecule has 0 fully saturated rings. The third-order valence-corrected chi connectivity index (χ3v) is 4.54. The predicted molar refractivity (Wildman–Crippen MR) is 117 cm³/mol. The molecule has 162 valence electrons. The maximum absolute atomic E-state index is 12.2. The highest BCUT2D eigenvalue weighted by Crippen LogP contribution is 2.22. The normalized spacial score (nSPS) is 10.9. The third kappa shape index (κ3) is 5.72. The number of fused-ring (bicyclic) bond motifs is 1. The van der Waals surface area contributed by atoms with Gasteiger partial charge in [0.15, 0.2) is 6.61 Å². The molecule has 7 nitrogen and oxygen atoms in total. The molecule has 0 aliphatic rings. The summed E-state index contributed by atoms with van der Waals surface area (Å²) in [6, 6.07) is 11.8. The third-order valence-electron chi connectivity index (χ3n) is 4.54. The van der Waals surface area contributed by atoms with E-state index in [1.165, 1.54) is 12.1 Å². The molecule has 31 heavy (non-hydrogen) atoms. The van der Waals surface area contributed by atoms with Gasteiger partial charge in [-0.05, 0) is 55.2 Å². The van der Waals surface area contributed by atoms with Gasteiger partial charge < -0.3 is 19.2 Å². The Kier molecular flexibility index (Phi) is 6.74. The fourth-order valence-corrected chi connectivity index (χ4v) is 2.87. The number of benzene rings is 2. The molecular weight excluding hydrogens is 398 g/mol. The monoisotopic (exact) mass is 423 g/mol. The zero-order chi connectivity index (χ0) is 22.5. The van der Waals surface area contributed by atoms with Gasteiger partial charge in [-0.1, -0.05) is 26.0 Å². The first-order valence-electron chi connectivity index (χ1n) is 10.00. The van der Waals surface area contributed by atoms with E-state index in [-0.39, 0.29) is 29.4 Å². The molecule has 1 aromatic heterocycles. The summed E-state index contributed by atoms with van der Waals surface area (Å²) in [6.07, 6.45) is 0. The first-order chi connectivity index (χ1) is 14.7. The number of esters is 1. The highest BCUT2D eigenvalue weighted by atomic mass is 16.6. The minimum atomic E-state index is -0.754. The van der Waals surface area contributed by atoms with E-state index in [4.69, 9.17) is 13.9 Å². The van der Waals surface area contributed by atoms with Crippen LogP contribution in [0.4, 0.5) is 0 Å². The fraction of sp³-hybridized carbons (Fsp3) is 0.292. The number of carbonyl (C=O) groups is 2. The molecule has 7 heteroatoms. The van der Waals surface area contributed by atoms with E-state index in [1.807, 2.05) is 45.9 Å². The highest BCUT2D eigenvalue weighted by molar-refractivity contribution is 5.96. The van der Waals surface area contributed by atoms with Crippen LogP contribution in [-0.2, 0) is 4.79 Å². The van der Waals surface area contributed by atoms with Crippen LogP contribution in [0.3, 0.4) is 0 Å². The van der Waals surface area contributed by atoms with E-state index in [0.717, 1.165) is 11.1 Å². The van der Waals surface area contributed by atoms with E-state index < -0.39 is 17.5 Å². The van der Waals surface area contributed by atoms with Crippen LogP contribution in [0, 0.1) is 19.8 Å². The Balaban J connectivity index is 1.70. The van der Waals surface area contributed by atoms with Gasteiger partial charge in [0.05, 0.1) is 0 Å². The Hall–Kier alpha value is -3.61.